The zero-order valence-corrected chi connectivity index (χ0v) is 17.4. The maximum Gasteiger partial charge on any atom is 0.335 e. The number of carboxylic acid groups (broad SMARTS) is 1. The number of carbonyl (C=O) groups is 1. The average molecular weight is 440 g/mol. The Bertz CT molecular complexity index is 1000. The molecule has 0 unspecified atom stereocenters. The molecule has 28 heavy (non-hydrogen) atoms. The minimum Gasteiger partial charge on any atom is -0.489 e. The van der Waals surface area contributed by atoms with Crippen molar-refractivity contribution in [3.8, 4) is 5.75 Å². The van der Waals surface area contributed by atoms with Gasteiger partial charge in [-0.2, -0.15) is 0 Å². The molecule has 2 N–H and O–H groups in total. The van der Waals surface area contributed by atoms with E-state index in [0.717, 1.165) is 32.6 Å². The molecule has 0 heterocycles. The van der Waals surface area contributed by atoms with E-state index in [2.05, 4.69) is 40.3 Å². The summed E-state index contributed by atoms with van der Waals surface area (Å²) in [5, 5.41) is 12.5. The van der Waals surface area contributed by atoms with Crippen LogP contribution in [0.1, 0.15) is 32.6 Å². The lowest BCUT2D eigenvalue weighted by Gasteiger charge is -2.15. The van der Waals surface area contributed by atoms with Crippen molar-refractivity contribution in [2.24, 2.45) is 0 Å². The van der Waals surface area contributed by atoms with Gasteiger partial charge in [0, 0.05) is 22.3 Å². The molecule has 144 valence electrons. The number of aromatic carboxylic acids is 1. The predicted molar refractivity (Wildman–Crippen MR) is 115 cm³/mol. The first-order chi connectivity index (χ1) is 13.4. The number of benzene rings is 3. The summed E-state index contributed by atoms with van der Waals surface area (Å²) in [5.74, 6) is -0.142. The summed E-state index contributed by atoms with van der Waals surface area (Å²) in [7, 11) is 0. The minimum atomic E-state index is -0.937. The number of carboxylic acids is 1. The van der Waals surface area contributed by atoms with Gasteiger partial charge in [-0.05, 0) is 55.3 Å². The Balaban J connectivity index is 1.76. The second-order valence-corrected chi connectivity index (χ2v) is 7.63. The molecule has 0 amide bonds. The zero-order chi connectivity index (χ0) is 20.1. The fourth-order valence-electron chi connectivity index (χ4n) is 2.93. The average Bonchev–Trinajstić information content (AvgIpc) is 2.66. The van der Waals surface area contributed by atoms with E-state index in [9.17, 15) is 9.90 Å². The summed E-state index contributed by atoms with van der Waals surface area (Å²) in [4.78, 5) is 11.2. The van der Waals surface area contributed by atoms with Crippen LogP contribution in [-0.2, 0) is 13.2 Å². The molecular formula is C23H22BrNO3. The maximum absolute atomic E-state index is 11.2. The lowest BCUT2D eigenvalue weighted by atomic mass is 10.1. The van der Waals surface area contributed by atoms with E-state index >= 15 is 0 Å². The Kier molecular flexibility index (Phi) is 6.37. The van der Waals surface area contributed by atoms with Crippen LogP contribution in [0.2, 0.25) is 0 Å². The number of hydrogen-bond acceptors (Lipinski definition) is 3. The highest BCUT2D eigenvalue weighted by atomic mass is 79.9. The van der Waals surface area contributed by atoms with Gasteiger partial charge in [-0.1, -0.05) is 51.8 Å². The van der Waals surface area contributed by atoms with E-state index in [4.69, 9.17) is 4.74 Å². The van der Waals surface area contributed by atoms with Crippen LogP contribution in [0.25, 0.3) is 0 Å². The van der Waals surface area contributed by atoms with Gasteiger partial charge >= 0.3 is 5.97 Å². The summed E-state index contributed by atoms with van der Waals surface area (Å²) in [6, 6.07) is 19.2. The van der Waals surface area contributed by atoms with E-state index in [1.54, 1.807) is 12.1 Å². The predicted octanol–water partition coefficient (Wildman–Crippen LogP) is 5.96. The third-order valence-corrected chi connectivity index (χ3v) is 4.95. The van der Waals surface area contributed by atoms with Crippen LogP contribution in [0.4, 0.5) is 5.69 Å². The molecule has 5 heteroatoms. The lowest BCUT2D eigenvalue weighted by Crippen LogP contribution is -2.06. The second kappa shape index (κ2) is 8.93. The van der Waals surface area contributed by atoms with E-state index < -0.39 is 5.97 Å². The van der Waals surface area contributed by atoms with Crippen molar-refractivity contribution >= 4 is 27.6 Å². The van der Waals surface area contributed by atoms with Crippen molar-refractivity contribution in [3.63, 3.8) is 0 Å². The van der Waals surface area contributed by atoms with Gasteiger partial charge in [-0.15, -0.1) is 0 Å². The molecule has 0 radical (unpaired) electrons. The van der Waals surface area contributed by atoms with Gasteiger partial charge in [0.05, 0.1) is 5.56 Å². The van der Waals surface area contributed by atoms with Crippen LogP contribution in [0, 0.1) is 13.8 Å². The lowest BCUT2D eigenvalue weighted by molar-refractivity contribution is 0.0697. The van der Waals surface area contributed by atoms with Gasteiger partial charge in [0.1, 0.15) is 12.4 Å². The Morgan fingerprint density at radius 3 is 2.64 bits per heavy atom. The standard InChI is InChI=1S/C23H22BrNO3/c1-15-4-3-5-17(10-15)14-28-22-9-8-20(24)11-19(22)13-25-21-12-18(23(26)27)7-6-16(21)2/h3-12,25H,13-14H2,1-2H3,(H,26,27). The van der Waals surface area contributed by atoms with Crippen molar-refractivity contribution in [2.75, 3.05) is 5.32 Å². The molecule has 3 rings (SSSR count). The Labute approximate surface area is 173 Å². The normalized spacial score (nSPS) is 10.5. The summed E-state index contributed by atoms with van der Waals surface area (Å²) in [6.07, 6.45) is 0. The van der Waals surface area contributed by atoms with E-state index in [-0.39, 0.29) is 5.56 Å². The smallest absolute Gasteiger partial charge is 0.335 e. The molecule has 3 aromatic rings. The number of aryl methyl sites for hydroxylation is 2. The van der Waals surface area contributed by atoms with Crippen molar-refractivity contribution in [2.45, 2.75) is 27.0 Å². The second-order valence-electron chi connectivity index (χ2n) is 6.72. The zero-order valence-electron chi connectivity index (χ0n) is 15.8. The topological polar surface area (TPSA) is 58.6 Å². The Hall–Kier alpha value is -2.79. The summed E-state index contributed by atoms with van der Waals surface area (Å²) in [6.45, 7) is 5.02. The molecule has 0 saturated carbocycles. The summed E-state index contributed by atoms with van der Waals surface area (Å²) in [5.41, 5.74) is 5.35. The van der Waals surface area contributed by atoms with E-state index in [0.29, 0.717) is 13.2 Å². The number of nitrogens with one attached hydrogen (secondary N) is 1. The highest BCUT2D eigenvalue weighted by Gasteiger charge is 2.09. The fraction of sp³-hybridized carbons (Fsp3) is 0.174. The monoisotopic (exact) mass is 439 g/mol. The molecule has 0 aromatic heterocycles. The highest BCUT2D eigenvalue weighted by molar-refractivity contribution is 9.10. The van der Waals surface area contributed by atoms with Crippen molar-refractivity contribution in [1.29, 1.82) is 0 Å². The molecule has 0 aliphatic heterocycles. The number of halogens is 1. The molecule has 0 aliphatic carbocycles. The molecule has 3 aromatic carbocycles. The molecule has 0 aliphatic rings. The number of anilines is 1. The minimum absolute atomic E-state index is 0.262. The van der Waals surface area contributed by atoms with Crippen LogP contribution in [0.15, 0.2) is 65.1 Å². The molecule has 0 spiro atoms. The molecule has 0 bridgehead atoms. The first-order valence-corrected chi connectivity index (χ1v) is 9.76. The highest BCUT2D eigenvalue weighted by Crippen LogP contribution is 2.26. The first kappa shape index (κ1) is 20.0. The molecule has 0 atom stereocenters. The van der Waals surface area contributed by atoms with Crippen LogP contribution >= 0.6 is 15.9 Å². The van der Waals surface area contributed by atoms with Crippen LogP contribution in [0.3, 0.4) is 0 Å². The first-order valence-electron chi connectivity index (χ1n) is 8.97. The molecular weight excluding hydrogens is 418 g/mol. The molecule has 0 fully saturated rings. The van der Waals surface area contributed by atoms with Gasteiger partial charge in [0.15, 0.2) is 0 Å². The van der Waals surface area contributed by atoms with Crippen molar-refractivity contribution in [1.82, 2.24) is 0 Å². The Morgan fingerprint density at radius 1 is 1.07 bits per heavy atom. The van der Waals surface area contributed by atoms with Gasteiger partial charge in [0.2, 0.25) is 0 Å². The maximum atomic E-state index is 11.2. The van der Waals surface area contributed by atoms with Gasteiger partial charge in [0.25, 0.3) is 0 Å². The number of rotatable bonds is 7. The van der Waals surface area contributed by atoms with Crippen LogP contribution < -0.4 is 10.1 Å². The van der Waals surface area contributed by atoms with Gasteiger partial charge < -0.3 is 15.2 Å². The fourth-order valence-corrected chi connectivity index (χ4v) is 3.33. The van der Waals surface area contributed by atoms with E-state index in [1.165, 1.54) is 5.56 Å². The largest absolute Gasteiger partial charge is 0.489 e. The van der Waals surface area contributed by atoms with Crippen molar-refractivity contribution in [3.05, 3.63) is 93.0 Å². The van der Waals surface area contributed by atoms with E-state index in [1.807, 2.05) is 43.3 Å². The van der Waals surface area contributed by atoms with Crippen LogP contribution in [0.5, 0.6) is 5.75 Å². The summed E-state index contributed by atoms with van der Waals surface area (Å²) >= 11 is 3.51. The molecule has 4 nitrogen and oxygen atoms in total. The van der Waals surface area contributed by atoms with Gasteiger partial charge in [-0.3, -0.25) is 0 Å². The Morgan fingerprint density at radius 2 is 1.89 bits per heavy atom. The quantitative estimate of drug-likeness (QED) is 0.476. The SMILES string of the molecule is Cc1cccc(COc2ccc(Br)cc2CNc2cc(C(=O)O)ccc2C)c1. The van der Waals surface area contributed by atoms with Gasteiger partial charge in [-0.25, -0.2) is 4.79 Å². The summed E-state index contributed by atoms with van der Waals surface area (Å²) < 4.78 is 7.02. The number of hydrogen-bond donors (Lipinski definition) is 2. The van der Waals surface area contributed by atoms with Crippen molar-refractivity contribution < 1.29 is 14.6 Å². The third kappa shape index (κ3) is 5.14. The molecule has 0 saturated heterocycles. The van der Waals surface area contributed by atoms with Crippen LogP contribution in [-0.4, -0.2) is 11.1 Å². The number of ether oxygens (including phenoxy) is 1. The third-order valence-electron chi connectivity index (χ3n) is 4.45.